The van der Waals surface area contributed by atoms with Crippen LogP contribution in [0, 0.1) is 0 Å². The second-order valence-corrected chi connectivity index (χ2v) is 6.95. The van der Waals surface area contributed by atoms with Gasteiger partial charge in [-0.3, -0.25) is 4.79 Å². The van der Waals surface area contributed by atoms with Crippen LogP contribution in [0.3, 0.4) is 0 Å². The van der Waals surface area contributed by atoms with Crippen LogP contribution in [0.1, 0.15) is 28.8 Å². The summed E-state index contributed by atoms with van der Waals surface area (Å²) in [6.45, 7) is 0.658. The lowest BCUT2D eigenvalue weighted by atomic mass is 10.1. The molecule has 0 radical (unpaired) electrons. The van der Waals surface area contributed by atoms with Gasteiger partial charge in [-0.1, -0.05) is 34.1 Å². The first-order valence-electron chi connectivity index (χ1n) is 7.84. The van der Waals surface area contributed by atoms with E-state index in [4.69, 9.17) is 0 Å². The fourth-order valence-corrected chi connectivity index (χ4v) is 3.41. The molecule has 0 atom stereocenters. The van der Waals surface area contributed by atoms with Crippen molar-refractivity contribution in [3.05, 3.63) is 70.3 Å². The largest absolute Gasteiger partial charge is 0.361 e. The molecule has 1 fully saturated rings. The Morgan fingerprint density at radius 2 is 2.00 bits per heavy atom. The van der Waals surface area contributed by atoms with Gasteiger partial charge in [-0.05, 0) is 48.7 Å². The number of fused-ring (bicyclic) bond motifs is 1. The van der Waals surface area contributed by atoms with E-state index in [-0.39, 0.29) is 5.91 Å². The van der Waals surface area contributed by atoms with Gasteiger partial charge in [0.25, 0.3) is 5.91 Å². The number of hydrogen-bond acceptors (Lipinski definition) is 1. The van der Waals surface area contributed by atoms with Crippen molar-refractivity contribution in [3.8, 4) is 0 Å². The van der Waals surface area contributed by atoms with Gasteiger partial charge in [-0.2, -0.15) is 0 Å². The van der Waals surface area contributed by atoms with Gasteiger partial charge in [0, 0.05) is 39.7 Å². The molecule has 1 heterocycles. The molecular weight excluding hydrogens is 352 g/mol. The quantitative estimate of drug-likeness (QED) is 0.709. The Balaban J connectivity index is 1.66. The zero-order valence-corrected chi connectivity index (χ0v) is 14.2. The van der Waals surface area contributed by atoms with Crippen LogP contribution < -0.4 is 0 Å². The molecule has 1 N–H and O–H groups in total. The molecular formula is C19H17BrN2O. The minimum atomic E-state index is 0.112. The number of H-pyrrole nitrogens is 1. The summed E-state index contributed by atoms with van der Waals surface area (Å²) in [7, 11) is 0. The summed E-state index contributed by atoms with van der Waals surface area (Å²) < 4.78 is 0.937. The number of aromatic nitrogens is 1. The van der Waals surface area contributed by atoms with Crippen molar-refractivity contribution in [3.63, 3.8) is 0 Å². The molecule has 0 saturated heterocycles. The summed E-state index contributed by atoms with van der Waals surface area (Å²) in [5.41, 5.74) is 3.06. The first kappa shape index (κ1) is 14.5. The molecule has 0 spiro atoms. The number of carbonyl (C=O) groups is 1. The third-order valence-electron chi connectivity index (χ3n) is 4.35. The van der Waals surface area contributed by atoms with Crippen LogP contribution >= 0.6 is 15.9 Å². The van der Waals surface area contributed by atoms with E-state index in [1.165, 1.54) is 10.9 Å². The van der Waals surface area contributed by atoms with E-state index < -0.39 is 0 Å². The normalized spacial score (nSPS) is 14.1. The maximum atomic E-state index is 13.0. The van der Waals surface area contributed by atoms with Crippen LogP contribution in [0.25, 0.3) is 10.9 Å². The smallest absolute Gasteiger partial charge is 0.254 e. The Hall–Kier alpha value is -2.07. The molecule has 23 heavy (non-hydrogen) atoms. The van der Waals surface area contributed by atoms with Gasteiger partial charge in [0.15, 0.2) is 0 Å². The zero-order valence-electron chi connectivity index (χ0n) is 12.6. The SMILES string of the molecule is O=C(c1cccc(Br)c1)N(Cc1cccc2[nH]ccc12)C1CC1. The number of benzene rings is 2. The van der Waals surface area contributed by atoms with Gasteiger partial charge in [0.1, 0.15) is 0 Å². The van der Waals surface area contributed by atoms with Crippen LogP contribution in [0.5, 0.6) is 0 Å². The van der Waals surface area contributed by atoms with Crippen molar-refractivity contribution in [1.29, 1.82) is 0 Å². The van der Waals surface area contributed by atoms with Gasteiger partial charge in [0.2, 0.25) is 0 Å². The number of halogens is 1. The predicted molar refractivity (Wildman–Crippen MR) is 95.3 cm³/mol. The number of carbonyl (C=O) groups excluding carboxylic acids is 1. The maximum absolute atomic E-state index is 13.0. The highest BCUT2D eigenvalue weighted by molar-refractivity contribution is 9.10. The molecule has 3 nitrogen and oxygen atoms in total. The molecule has 0 aliphatic heterocycles. The number of nitrogens with one attached hydrogen (secondary N) is 1. The number of nitrogens with zero attached hydrogens (tertiary/aromatic N) is 1. The minimum absolute atomic E-state index is 0.112. The molecule has 1 aliphatic rings. The van der Waals surface area contributed by atoms with Crippen LogP contribution in [-0.4, -0.2) is 21.8 Å². The third-order valence-corrected chi connectivity index (χ3v) is 4.84. The van der Waals surface area contributed by atoms with Crippen molar-refractivity contribution in [2.75, 3.05) is 0 Å². The Morgan fingerprint density at radius 3 is 2.78 bits per heavy atom. The molecule has 2 aromatic carbocycles. The maximum Gasteiger partial charge on any atom is 0.254 e. The molecule has 0 bridgehead atoms. The highest BCUT2D eigenvalue weighted by atomic mass is 79.9. The molecule has 4 heteroatoms. The lowest BCUT2D eigenvalue weighted by Crippen LogP contribution is -2.32. The topological polar surface area (TPSA) is 36.1 Å². The van der Waals surface area contributed by atoms with Crippen LogP contribution in [0.15, 0.2) is 59.2 Å². The monoisotopic (exact) mass is 368 g/mol. The van der Waals surface area contributed by atoms with Crippen molar-refractivity contribution < 1.29 is 4.79 Å². The minimum Gasteiger partial charge on any atom is -0.361 e. The summed E-state index contributed by atoms with van der Waals surface area (Å²) in [6, 6.07) is 16.3. The fraction of sp³-hybridized carbons (Fsp3) is 0.211. The lowest BCUT2D eigenvalue weighted by Gasteiger charge is -2.23. The predicted octanol–water partition coefficient (Wildman–Crippen LogP) is 4.74. The Kier molecular flexibility index (Phi) is 3.69. The van der Waals surface area contributed by atoms with Crippen LogP contribution in [-0.2, 0) is 6.54 Å². The van der Waals surface area contributed by atoms with E-state index in [1.807, 2.05) is 41.4 Å². The number of hydrogen-bond donors (Lipinski definition) is 1. The number of amides is 1. The van der Waals surface area contributed by atoms with E-state index in [2.05, 4.69) is 39.1 Å². The Bertz CT molecular complexity index is 866. The standard InChI is InChI=1S/C19H17BrN2O/c20-15-5-1-3-13(11-15)19(23)22(16-7-8-16)12-14-4-2-6-18-17(14)9-10-21-18/h1-6,9-11,16,21H,7-8,12H2. The van der Waals surface area contributed by atoms with E-state index in [1.54, 1.807) is 0 Å². The summed E-state index contributed by atoms with van der Waals surface area (Å²) in [5.74, 6) is 0.112. The van der Waals surface area contributed by atoms with Gasteiger partial charge in [0.05, 0.1) is 0 Å². The zero-order chi connectivity index (χ0) is 15.8. The molecule has 1 saturated carbocycles. The lowest BCUT2D eigenvalue weighted by molar-refractivity contribution is 0.0730. The first-order chi connectivity index (χ1) is 11.2. The van der Waals surface area contributed by atoms with E-state index in [0.717, 1.165) is 28.4 Å². The molecule has 116 valence electrons. The molecule has 1 aliphatic carbocycles. The highest BCUT2D eigenvalue weighted by Gasteiger charge is 2.33. The van der Waals surface area contributed by atoms with Crippen molar-refractivity contribution >= 4 is 32.7 Å². The second-order valence-electron chi connectivity index (χ2n) is 6.03. The second kappa shape index (κ2) is 5.85. The third kappa shape index (κ3) is 2.91. The summed E-state index contributed by atoms with van der Waals surface area (Å²) >= 11 is 3.45. The number of rotatable bonds is 4. The van der Waals surface area contributed by atoms with Crippen LogP contribution in [0.2, 0.25) is 0 Å². The molecule has 1 amide bonds. The molecule has 1 aromatic heterocycles. The van der Waals surface area contributed by atoms with Gasteiger partial charge in [-0.25, -0.2) is 0 Å². The summed E-state index contributed by atoms with van der Waals surface area (Å²) in [6.07, 6.45) is 4.15. The molecule has 3 aromatic rings. The van der Waals surface area contributed by atoms with Gasteiger partial charge in [-0.15, -0.1) is 0 Å². The molecule has 0 unspecified atom stereocenters. The van der Waals surface area contributed by atoms with Gasteiger partial charge >= 0.3 is 0 Å². The first-order valence-corrected chi connectivity index (χ1v) is 8.63. The fourth-order valence-electron chi connectivity index (χ4n) is 3.01. The van der Waals surface area contributed by atoms with Crippen LogP contribution in [0.4, 0.5) is 0 Å². The Labute approximate surface area is 143 Å². The molecule has 4 rings (SSSR count). The number of aromatic amines is 1. The van der Waals surface area contributed by atoms with E-state index in [0.29, 0.717) is 12.6 Å². The van der Waals surface area contributed by atoms with Gasteiger partial charge < -0.3 is 9.88 Å². The Morgan fingerprint density at radius 1 is 1.17 bits per heavy atom. The summed E-state index contributed by atoms with van der Waals surface area (Å²) in [4.78, 5) is 18.2. The average molecular weight is 369 g/mol. The van der Waals surface area contributed by atoms with Crippen molar-refractivity contribution in [1.82, 2.24) is 9.88 Å². The average Bonchev–Trinajstić information content (AvgIpc) is 3.28. The van der Waals surface area contributed by atoms with Crippen molar-refractivity contribution in [2.24, 2.45) is 0 Å². The summed E-state index contributed by atoms with van der Waals surface area (Å²) in [5, 5.41) is 1.19. The van der Waals surface area contributed by atoms with Crippen molar-refractivity contribution in [2.45, 2.75) is 25.4 Å². The van der Waals surface area contributed by atoms with E-state index in [9.17, 15) is 4.79 Å². The van der Waals surface area contributed by atoms with E-state index >= 15 is 0 Å². The highest BCUT2D eigenvalue weighted by Crippen LogP contribution is 2.31.